The molecule has 0 atom stereocenters. The number of aromatic nitrogens is 1. The van der Waals surface area contributed by atoms with Crippen LogP contribution in [0.5, 0.6) is 5.75 Å². The molecule has 5 heteroatoms. The van der Waals surface area contributed by atoms with E-state index in [2.05, 4.69) is 4.98 Å². The highest BCUT2D eigenvalue weighted by molar-refractivity contribution is 6.08. The van der Waals surface area contributed by atoms with E-state index >= 15 is 0 Å². The van der Waals surface area contributed by atoms with E-state index in [0.717, 1.165) is 5.56 Å². The van der Waals surface area contributed by atoms with Crippen LogP contribution in [0.1, 0.15) is 16.2 Å². The fraction of sp³-hybridized carbons (Fsp3) is 0.0556. The first-order valence-electron chi connectivity index (χ1n) is 6.86. The van der Waals surface area contributed by atoms with Crippen molar-refractivity contribution >= 4 is 16.7 Å². The lowest BCUT2D eigenvalue weighted by molar-refractivity contribution is 0.0693. The number of rotatable bonds is 3. The lowest BCUT2D eigenvalue weighted by Crippen LogP contribution is -2.05. The van der Waals surface area contributed by atoms with Crippen molar-refractivity contribution in [1.29, 1.82) is 5.26 Å². The van der Waals surface area contributed by atoms with Crippen LogP contribution in [0.15, 0.2) is 48.5 Å². The number of hydrogen-bond acceptors (Lipinski definition) is 4. The van der Waals surface area contributed by atoms with Crippen molar-refractivity contribution in [3.63, 3.8) is 0 Å². The molecule has 0 amide bonds. The molecule has 23 heavy (non-hydrogen) atoms. The van der Waals surface area contributed by atoms with Crippen molar-refractivity contribution in [3.05, 3.63) is 59.9 Å². The van der Waals surface area contributed by atoms with Crippen LogP contribution in [-0.2, 0) is 0 Å². The number of hydrogen-bond donors (Lipinski definition) is 1. The third-order valence-electron chi connectivity index (χ3n) is 3.58. The number of aromatic carboxylic acids is 1. The topological polar surface area (TPSA) is 83.2 Å². The van der Waals surface area contributed by atoms with Gasteiger partial charge in [0.05, 0.1) is 7.11 Å². The zero-order valence-electron chi connectivity index (χ0n) is 12.3. The molecule has 112 valence electrons. The first kappa shape index (κ1) is 14.5. The Morgan fingerprint density at radius 1 is 1.17 bits per heavy atom. The summed E-state index contributed by atoms with van der Waals surface area (Å²) in [5.74, 6) is -0.586. The number of carbonyl (C=O) groups is 1. The van der Waals surface area contributed by atoms with Crippen molar-refractivity contribution in [2.75, 3.05) is 7.11 Å². The van der Waals surface area contributed by atoms with Gasteiger partial charge in [-0.05, 0) is 29.1 Å². The van der Waals surface area contributed by atoms with Gasteiger partial charge >= 0.3 is 5.97 Å². The fourth-order valence-corrected chi connectivity index (χ4v) is 2.56. The Labute approximate surface area is 132 Å². The molecule has 0 unspecified atom stereocenters. The minimum absolute atomic E-state index is 0.0781. The Bertz CT molecular complexity index is 944. The van der Waals surface area contributed by atoms with Gasteiger partial charge in [0.25, 0.3) is 0 Å². The number of fused-ring (bicyclic) bond motifs is 1. The highest BCUT2D eigenvalue weighted by atomic mass is 16.5. The fourth-order valence-electron chi connectivity index (χ4n) is 2.56. The molecule has 0 radical (unpaired) electrons. The summed E-state index contributed by atoms with van der Waals surface area (Å²) in [5, 5.41) is 19.9. The van der Waals surface area contributed by atoms with Gasteiger partial charge < -0.3 is 9.84 Å². The highest BCUT2D eigenvalue weighted by Crippen LogP contribution is 2.34. The molecule has 1 aromatic heterocycles. The zero-order chi connectivity index (χ0) is 16.4. The van der Waals surface area contributed by atoms with Gasteiger partial charge in [0.1, 0.15) is 17.5 Å². The van der Waals surface area contributed by atoms with E-state index in [0.29, 0.717) is 22.1 Å². The maximum absolute atomic E-state index is 11.5. The summed E-state index contributed by atoms with van der Waals surface area (Å²) >= 11 is 0. The van der Waals surface area contributed by atoms with Crippen LogP contribution in [0.25, 0.3) is 21.9 Å². The van der Waals surface area contributed by atoms with Crippen LogP contribution < -0.4 is 4.74 Å². The Kier molecular flexibility index (Phi) is 3.65. The van der Waals surface area contributed by atoms with Crippen LogP contribution >= 0.6 is 0 Å². The van der Waals surface area contributed by atoms with Gasteiger partial charge in [-0.2, -0.15) is 5.26 Å². The third kappa shape index (κ3) is 2.47. The van der Waals surface area contributed by atoms with Crippen molar-refractivity contribution < 1.29 is 14.6 Å². The van der Waals surface area contributed by atoms with Crippen LogP contribution in [0.4, 0.5) is 0 Å². The molecule has 0 fully saturated rings. The number of ether oxygens (including phenoxy) is 1. The number of methoxy groups -OCH3 is 1. The van der Waals surface area contributed by atoms with Crippen molar-refractivity contribution in [1.82, 2.24) is 4.98 Å². The molecule has 0 bridgehead atoms. The number of benzene rings is 2. The number of nitrogens with zero attached hydrogens (tertiary/aromatic N) is 2. The van der Waals surface area contributed by atoms with Gasteiger partial charge in [0.15, 0.2) is 5.69 Å². The second-order valence-corrected chi connectivity index (χ2v) is 4.88. The molecule has 3 aromatic rings. The number of carboxylic acid groups (broad SMARTS) is 1. The van der Waals surface area contributed by atoms with Crippen LogP contribution in [0, 0.1) is 11.3 Å². The standard InChI is InChI=1S/C18H12N2O3/c1-23-12-7-8-13-14(9-12)16(11-5-3-2-4-6-11)15(10-19)20-17(13)18(21)22/h2-9H,1H3,(H,21,22). The molecule has 0 aliphatic heterocycles. The van der Waals surface area contributed by atoms with Gasteiger partial charge in [-0.3, -0.25) is 0 Å². The average molecular weight is 304 g/mol. The molecule has 3 rings (SSSR count). The second-order valence-electron chi connectivity index (χ2n) is 4.88. The smallest absolute Gasteiger partial charge is 0.355 e. The minimum atomic E-state index is -1.17. The maximum atomic E-state index is 11.5. The van der Waals surface area contributed by atoms with Crippen molar-refractivity contribution in [2.45, 2.75) is 0 Å². The van der Waals surface area contributed by atoms with E-state index in [-0.39, 0.29) is 11.4 Å². The van der Waals surface area contributed by atoms with Gasteiger partial charge in [-0.25, -0.2) is 9.78 Å². The van der Waals surface area contributed by atoms with Gasteiger partial charge in [0.2, 0.25) is 0 Å². The molecule has 0 saturated heterocycles. The van der Waals surface area contributed by atoms with Crippen molar-refractivity contribution in [2.24, 2.45) is 0 Å². The summed E-state index contributed by atoms with van der Waals surface area (Å²) in [5.41, 5.74) is 1.34. The predicted octanol–water partition coefficient (Wildman–Crippen LogP) is 3.48. The summed E-state index contributed by atoms with van der Waals surface area (Å²) in [7, 11) is 1.54. The molecule has 1 heterocycles. The van der Waals surface area contributed by atoms with Gasteiger partial charge in [0, 0.05) is 10.9 Å². The van der Waals surface area contributed by atoms with E-state index in [1.54, 1.807) is 18.2 Å². The Balaban J connectivity index is 2.49. The van der Waals surface area contributed by atoms with Gasteiger partial charge in [-0.15, -0.1) is 0 Å². The summed E-state index contributed by atoms with van der Waals surface area (Å²) in [4.78, 5) is 15.5. The lowest BCUT2D eigenvalue weighted by atomic mass is 9.96. The summed E-state index contributed by atoms with van der Waals surface area (Å²) in [6.07, 6.45) is 0. The molecule has 2 aromatic carbocycles. The largest absolute Gasteiger partial charge is 0.497 e. The molecule has 5 nitrogen and oxygen atoms in total. The normalized spacial score (nSPS) is 10.3. The van der Waals surface area contributed by atoms with E-state index < -0.39 is 5.97 Å². The predicted molar refractivity (Wildman–Crippen MR) is 85.4 cm³/mol. The van der Waals surface area contributed by atoms with Crippen LogP contribution in [0.2, 0.25) is 0 Å². The maximum Gasteiger partial charge on any atom is 0.355 e. The lowest BCUT2D eigenvalue weighted by Gasteiger charge is -2.12. The quantitative estimate of drug-likeness (QED) is 0.801. The first-order valence-corrected chi connectivity index (χ1v) is 6.86. The Morgan fingerprint density at radius 3 is 2.52 bits per heavy atom. The summed E-state index contributed by atoms with van der Waals surface area (Å²) in [6.45, 7) is 0. The first-order chi connectivity index (χ1) is 11.2. The zero-order valence-corrected chi connectivity index (χ0v) is 12.3. The van der Waals surface area contributed by atoms with Crippen LogP contribution in [0.3, 0.4) is 0 Å². The van der Waals surface area contributed by atoms with Crippen molar-refractivity contribution in [3.8, 4) is 22.9 Å². The third-order valence-corrected chi connectivity index (χ3v) is 3.58. The molecule has 0 aliphatic rings. The van der Waals surface area contributed by atoms with E-state index in [1.165, 1.54) is 7.11 Å². The van der Waals surface area contributed by atoms with E-state index in [9.17, 15) is 15.2 Å². The molecule has 0 spiro atoms. The molecule has 0 saturated carbocycles. The SMILES string of the molecule is COc1ccc2c(C(=O)O)nc(C#N)c(-c3ccccc3)c2c1. The van der Waals surface area contributed by atoms with E-state index in [1.807, 2.05) is 36.4 Å². The Morgan fingerprint density at radius 2 is 1.91 bits per heavy atom. The Hall–Kier alpha value is -3.39. The monoisotopic (exact) mass is 304 g/mol. The summed E-state index contributed by atoms with van der Waals surface area (Å²) in [6, 6.07) is 16.4. The second kappa shape index (κ2) is 5.78. The minimum Gasteiger partial charge on any atom is -0.497 e. The molecular formula is C18H12N2O3. The van der Waals surface area contributed by atoms with Crippen LogP contribution in [-0.4, -0.2) is 23.2 Å². The van der Waals surface area contributed by atoms with Gasteiger partial charge in [-0.1, -0.05) is 30.3 Å². The molecule has 0 aliphatic carbocycles. The number of nitriles is 1. The molecule has 1 N–H and O–H groups in total. The highest BCUT2D eigenvalue weighted by Gasteiger charge is 2.19. The molecular weight excluding hydrogens is 292 g/mol. The number of carboxylic acids is 1. The summed E-state index contributed by atoms with van der Waals surface area (Å²) < 4.78 is 5.24. The number of pyridine rings is 1. The average Bonchev–Trinajstić information content (AvgIpc) is 2.60. The van der Waals surface area contributed by atoms with E-state index in [4.69, 9.17) is 4.74 Å².